The Hall–Kier alpha value is -1.69. The summed E-state index contributed by atoms with van der Waals surface area (Å²) in [7, 11) is 0. The molecule has 0 aliphatic rings. The molecule has 0 fully saturated rings. The number of carbonyl (C=O) groups is 1. The van der Waals surface area contributed by atoms with Crippen molar-refractivity contribution in [3.63, 3.8) is 0 Å². The molecule has 0 saturated heterocycles. The molecule has 2 rings (SSSR count). The van der Waals surface area contributed by atoms with Gasteiger partial charge in [-0.05, 0) is 47.5 Å². The first-order valence-corrected chi connectivity index (χ1v) is 7.59. The quantitative estimate of drug-likeness (QED) is 0.662. The van der Waals surface area contributed by atoms with Gasteiger partial charge < -0.3 is 5.73 Å². The lowest BCUT2D eigenvalue weighted by molar-refractivity contribution is 0.0990. The van der Waals surface area contributed by atoms with Gasteiger partial charge in [-0.1, -0.05) is 6.92 Å². The number of aromatic nitrogens is 2. The van der Waals surface area contributed by atoms with Gasteiger partial charge in [-0.15, -0.1) is 0 Å². The third-order valence-corrected chi connectivity index (χ3v) is 4.26. The van der Waals surface area contributed by atoms with Crippen LogP contribution in [0.4, 0.5) is 10.1 Å². The summed E-state index contributed by atoms with van der Waals surface area (Å²) in [5.41, 5.74) is 7.52. The molecule has 1 aromatic heterocycles. The van der Waals surface area contributed by atoms with Crippen LogP contribution in [0, 0.1) is 5.82 Å². The molecule has 4 nitrogen and oxygen atoms in total. The van der Waals surface area contributed by atoms with Crippen molar-refractivity contribution in [3.05, 3.63) is 45.4 Å². The van der Waals surface area contributed by atoms with Crippen LogP contribution in [0.15, 0.2) is 22.7 Å². The second-order valence-corrected chi connectivity index (χ2v) is 5.51. The Morgan fingerprint density at radius 3 is 2.71 bits per heavy atom. The highest BCUT2D eigenvalue weighted by Crippen LogP contribution is 2.24. The van der Waals surface area contributed by atoms with Crippen LogP contribution in [0.1, 0.15) is 35.6 Å². The van der Waals surface area contributed by atoms with Crippen molar-refractivity contribution in [1.82, 2.24) is 9.78 Å². The molecule has 0 aliphatic carbocycles. The number of nitrogen functional groups attached to an aromatic ring is 1. The van der Waals surface area contributed by atoms with Crippen molar-refractivity contribution >= 4 is 27.4 Å². The Labute approximate surface area is 131 Å². The van der Waals surface area contributed by atoms with Gasteiger partial charge in [0.05, 0.1) is 28.0 Å². The number of halogens is 2. The van der Waals surface area contributed by atoms with E-state index in [-0.39, 0.29) is 17.9 Å². The highest BCUT2D eigenvalue weighted by atomic mass is 79.9. The number of Topliss-reactive ketones (excluding diaryl/α,β-unsaturated/α-hetero) is 1. The fourth-order valence-corrected chi connectivity index (χ4v) is 2.85. The van der Waals surface area contributed by atoms with Gasteiger partial charge in [-0.25, -0.2) is 4.39 Å². The molecule has 0 spiro atoms. The van der Waals surface area contributed by atoms with Crippen LogP contribution >= 0.6 is 15.9 Å². The lowest BCUT2D eigenvalue weighted by Crippen LogP contribution is -2.10. The molecule has 0 bridgehead atoms. The number of aryl methyl sites for hydroxylation is 2. The first kappa shape index (κ1) is 15.7. The fourth-order valence-electron chi connectivity index (χ4n) is 2.14. The molecule has 112 valence electrons. The number of anilines is 1. The van der Waals surface area contributed by atoms with E-state index in [1.165, 1.54) is 12.1 Å². The molecule has 21 heavy (non-hydrogen) atoms. The van der Waals surface area contributed by atoms with E-state index in [1.807, 2.05) is 13.8 Å². The monoisotopic (exact) mass is 353 g/mol. The van der Waals surface area contributed by atoms with E-state index in [0.29, 0.717) is 12.1 Å². The molecule has 1 aromatic carbocycles. The van der Waals surface area contributed by atoms with Crippen molar-refractivity contribution < 1.29 is 9.18 Å². The van der Waals surface area contributed by atoms with Crippen LogP contribution in [0.25, 0.3) is 0 Å². The van der Waals surface area contributed by atoms with Gasteiger partial charge in [-0.2, -0.15) is 5.10 Å². The third-order valence-electron chi connectivity index (χ3n) is 3.34. The Bertz CT molecular complexity index is 682. The van der Waals surface area contributed by atoms with E-state index >= 15 is 0 Å². The van der Waals surface area contributed by atoms with E-state index in [0.717, 1.165) is 22.3 Å². The van der Waals surface area contributed by atoms with Crippen LogP contribution in [-0.2, 0) is 19.4 Å². The molecule has 0 aliphatic heterocycles. The first-order chi connectivity index (χ1) is 9.97. The molecule has 0 atom stereocenters. The molecule has 0 amide bonds. The summed E-state index contributed by atoms with van der Waals surface area (Å²) in [5.74, 6) is -0.731. The van der Waals surface area contributed by atoms with Crippen molar-refractivity contribution in [1.29, 1.82) is 0 Å². The zero-order valence-electron chi connectivity index (χ0n) is 12.0. The Morgan fingerprint density at radius 1 is 1.43 bits per heavy atom. The van der Waals surface area contributed by atoms with Crippen LogP contribution < -0.4 is 5.73 Å². The molecule has 1 heterocycles. The highest BCUT2D eigenvalue weighted by Gasteiger charge is 2.18. The predicted octanol–water partition coefficient (Wildman–Crippen LogP) is 3.37. The second-order valence-electron chi connectivity index (χ2n) is 4.71. The Morgan fingerprint density at radius 2 is 2.14 bits per heavy atom. The van der Waals surface area contributed by atoms with E-state index < -0.39 is 5.82 Å². The maximum Gasteiger partial charge on any atom is 0.168 e. The van der Waals surface area contributed by atoms with Gasteiger partial charge in [0, 0.05) is 12.1 Å². The predicted molar refractivity (Wildman–Crippen MR) is 83.8 cm³/mol. The number of nitrogens with two attached hydrogens (primary N) is 1. The summed E-state index contributed by atoms with van der Waals surface area (Å²) in [5, 5.41) is 4.45. The van der Waals surface area contributed by atoms with Crippen LogP contribution in [0.3, 0.4) is 0 Å². The minimum atomic E-state index is -0.571. The van der Waals surface area contributed by atoms with Crippen molar-refractivity contribution in [3.8, 4) is 0 Å². The highest BCUT2D eigenvalue weighted by molar-refractivity contribution is 9.10. The summed E-state index contributed by atoms with van der Waals surface area (Å²) in [4.78, 5) is 12.3. The molecule has 0 unspecified atom stereocenters. The number of carbonyl (C=O) groups excluding carboxylic acids is 1. The average molecular weight is 354 g/mol. The van der Waals surface area contributed by atoms with E-state index in [1.54, 1.807) is 10.7 Å². The van der Waals surface area contributed by atoms with Crippen molar-refractivity contribution in [2.24, 2.45) is 0 Å². The number of benzene rings is 1. The summed E-state index contributed by atoms with van der Waals surface area (Å²) < 4.78 is 16.1. The zero-order chi connectivity index (χ0) is 15.6. The van der Waals surface area contributed by atoms with Crippen LogP contribution in [0.2, 0.25) is 0 Å². The van der Waals surface area contributed by atoms with Gasteiger partial charge in [-0.3, -0.25) is 9.48 Å². The number of rotatable bonds is 5. The lowest BCUT2D eigenvalue weighted by atomic mass is 10.1. The Balaban J connectivity index is 2.31. The van der Waals surface area contributed by atoms with Gasteiger partial charge in [0.25, 0.3) is 0 Å². The first-order valence-electron chi connectivity index (χ1n) is 6.80. The molecule has 2 aromatic rings. The van der Waals surface area contributed by atoms with Gasteiger partial charge >= 0.3 is 0 Å². The van der Waals surface area contributed by atoms with E-state index in [2.05, 4.69) is 21.0 Å². The molecule has 6 heteroatoms. The maximum atomic E-state index is 13.5. The molecule has 0 saturated carbocycles. The summed E-state index contributed by atoms with van der Waals surface area (Å²) in [6.45, 7) is 4.65. The fraction of sp³-hybridized carbons (Fsp3) is 0.333. The average Bonchev–Trinajstić information content (AvgIpc) is 2.78. The number of ketones is 1. The summed E-state index contributed by atoms with van der Waals surface area (Å²) in [6.07, 6.45) is 0.954. The van der Waals surface area contributed by atoms with Gasteiger partial charge in [0.15, 0.2) is 5.78 Å². The third kappa shape index (κ3) is 3.15. The number of hydrogen-bond donors (Lipinski definition) is 1. The maximum absolute atomic E-state index is 13.5. The number of nitrogens with zero attached hydrogens (tertiary/aromatic N) is 2. The van der Waals surface area contributed by atoms with Gasteiger partial charge in [0.1, 0.15) is 5.82 Å². The summed E-state index contributed by atoms with van der Waals surface area (Å²) in [6, 6.07) is 4.13. The largest absolute Gasteiger partial charge is 0.396 e. The topological polar surface area (TPSA) is 60.9 Å². The normalized spacial score (nSPS) is 10.9. The Kier molecular flexibility index (Phi) is 4.77. The van der Waals surface area contributed by atoms with Gasteiger partial charge in [0.2, 0.25) is 0 Å². The minimum Gasteiger partial charge on any atom is -0.396 e. The zero-order valence-corrected chi connectivity index (χ0v) is 13.6. The molecule has 0 radical (unpaired) electrons. The van der Waals surface area contributed by atoms with Crippen molar-refractivity contribution in [2.75, 3.05) is 5.73 Å². The van der Waals surface area contributed by atoms with Crippen molar-refractivity contribution in [2.45, 2.75) is 33.2 Å². The van der Waals surface area contributed by atoms with Crippen LogP contribution in [0.5, 0.6) is 0 Å². The van der Waals surface area contributed by atoms with Crippen LogP contribution in [-0.4, -0.2) is 15.6 Å². The lowest BCUT2D eigenvalue weighted by Gasteiger charge is -2.06. The SMILES string of the molecule is CCc1nn(CC)c(CC(=O)c2ccc(N)c(F)c2)c1Br. The van der Waals surface area contributed by atoms with E-state index in [4.69, 9.17) is 5.73 Å². The minimum absolute atomic E-state index is 0.0413. The summed E-state index contributed by atoms with van der Waals surface area (Å²) >= 11 is 3.50. The standard InChI is InChI=1S/C15H17BrFN3O/c1-3-12-15(16)13(20(4-2)19-12)8-14(21)9-5-6-11(18)10(17)7-9/h5-7H,3-4,8,18H2,1-2H3. The molecular formula is C15H17BrFN3O. The molecular weight excluding hydrogens is 337 g/mol. The van der Waals surface area contributed by atoms with E-state index in [9.17, 15) is 9.18 Å². The molecule has 2 N–H and O–H groups in total. The second kappa shape index (κ2) is 6.39. The number of hydrogen-bond acceptors (Lipinski definition) is 3. The smallest absolute Gasteiger partial charge is 0.168 e.